The van der Waals surface area contributed by atoms with Crippen LogP contribution in [0.3, 0.4) is 0 Å². The lowest BCUT2D eigenvalue weighted by atomic mass is 9.49. The highest BCUT2D eigenvalue weighted by Gasteiger charge is 2.58. The van der Waals surface area contributed by atoms with Crippen LogP contribution >= 0.6 is 0 Å². The van der Waals surface area contributed by atoms with Gasteiger partial charge in [-0.25, -0.2) is 0 Å². The summed E-state index contributed by atoms with van der Waals surface area (Å²) in [5.41, 5.74) is -0.848. The number of amides is 2. The number of carbonyl (C=O) groups excluding carboxylic acids is 2. The molecule has 4 saturated carbocycles. The van der Waals surface area contributed by atoms with E-state index in [4.69, 9.17) is 4.55 Å². The second-order valence-electron chi connectivity index (χ2n) is 6.97. The molecule has 4 bridgehead atoms. The molecular formula is C13H17F2NO5S. The molecule has 22 heavy (non-hydrogen) atoms. The van der Waals surface area contributed by atoms with Gasteiger partial charge in [0.05, 0.1) is 5.41 Å². The number of imide groups is 1. The van der Waals surface area contributed by atoms with Gasteiger partial charge >= 0.3 is 21.3 Å². The van der Waals surface area contributed by atoms with Gasteiger partial charge in [-0.15, -0.1) is 0 Å². The zero-order valence-electron chi connectivity index (χ0n) is 11.7. The van der Waals surface area contributed by atoms with E-state index in [2.05, 4.69) is 0 Å². The lowest BCUT2D eigenvalue weighted by molar-refractivity contribution is -0.153. The Morgan fingerprint density at radius 1 is 1.05 bits per heavy atom. The predicted molar refractivity (Wildman–Crippen MR) is 70.3 cm³/mol. The van der Waals surface area contributed by atoms with E-state index >= 15 is 0 Å². The molecule has 4 aliphatic rings. The van der Waals surface area contributed by atoms with Crippen molar-refractivity contribution in [2.45, 2.75) is 43.8 Å². The van der Waals surface area contributed by atoms with Crippen molar-refractivity contribution in [1.82, 2.24) is 5.32 Å². The van der Waals surface area contributed by atoms with Crippen LogP contribution in [-0.4, -0.2) is 30.0 Å². The number of alkyl halides is 2. The van der Waals surface area contributed by atoms with E-state index in [0.29, 0.717) is 37.0 Å². The molecule has 0 radical (unpaired) electrons. The summed E-state index contributed by atoms with van der Waals surface area (Å²) >= 11 is 0. The summed E-state index contributed by atoms with van der Waals surface area (Å²) in [5.74, 6) is -2.01. The van der Waals surface area contributed by atoms with E-state index in [9.17, 15) is 26.8 Å². The van der Waals surface area contributed by atoms with Crippen LogP contribution in [0, 0.1) is 23.2 Å². The SMILES string of the molecule is O=C(NC(=O)C(F)(F)S(=O)(=O)O)C12CC3CC(CC(C3)C1)C2. The summed E-state index contributed by atoms with van der Waals surface area (Å²) in [6.07, 6.45) is 4.74. The van der Waals surface area contributed by atoms with Crippen LogP contribution in [-0.2, 0) is 19.7 Å². The van der Waals surface area contributed by atoms with Crippen molar-refractivity contribution in [3.8, 4) is 0 Å². The van der Waals surface area contributed by atoms with E-state index in [1.807, 2.05) is 0 Å². The molecule has 0 aromatic heterocycles. The lowest BCUT2D eigenvalue weighted by Gasteiger charge is -2.55. The van der Waals surface area contributed by atoms with Crippen LogP contribution in [0.5, 0.6) is 0 Å². The summed E-state index contributed by atoms with van der Waals surface area (Å²) in [6.45, 7) is 0. The summed E-state index contributed by atoms with van der Waals surface area (Å²) < 4.78 is 56.0. The van der Waals surface area contributed by atoms with Crippen LogP contribution in [0.1, 0.15) is 38.5 Å². The standard InChI is InChI=1S/C13H17F2NO5S/c14-13(15,22(19,20)21)11(18)16-10(17)12-4-7-1-8(5-12)3-9(2-7)6-12/h7-9H,1-6H2,(H,16,17,18)(H,19,20,21). The quantitative estimate of drug-likeness (QED) is 0.757. The first-order valence-electron chi connectivity index (χ1n) is 7.24. The molecule has 0 heterocycles. The van der Waals surface area contributed by atoms with Crippen LogP contribution < -0.4 is 5.32 Å². The first-order valence-corrected chi connectivity index (χ1v) is 8.68. The van der Waals surface area contributed by atoms with Gasteiger partial charge in [0.15, 0.2) is 0 Å². The Hall–Kier alpha value is -1.09. The van der Waals surface area contributed by atoms with Gasteiger partial charge in [0, 0.05) is 0 Å². The Bertz CT molecular complexity index is 595. The molecule has 0 aromatic carbocycles. The smallest absolute Gasteiger partial charge is 0.290 e. The zero-order chi connectivity index (χ0) is 16.3. The molecule has 0 aromatic rings. The van der Waals surface area contributed by atoms with Crippen molar-refractivity contribution in [2.75, 3.05) is 0 Å². The van der Waals surface area contributed by atoms with E-state index in [1.165, 1.54) is 5.32 Å². The number of hydrogen-bond donors (Lipinski definition) is 2. The molecule has 0 unspecified atom stereocenters. The molecular weight excluding hydrogens is 320 g/mol. The minimum absolute atomic E-state index is 0.370. The number of carbonyl (C=O) groups is 2. The Kier molecular flexibility index (Phi) is 3.38. The van der Waals surface area contributed by atoms with Gasteiger partial charge in [-0.05, 0) is 56.3 Å². The molecule has 0 saturated heterocycles. The van der Waals surface area contributed by atoms with Crippen LogP contribution in [0.15, 0.2) is 0 Å². The van der Waals surface area contributed by atoms with E-state index < -0.39 is 32.6 Å². The van der Waals surface area contributed by atoms with Gasteiger partial charge in [0.2, 0.25) is 5.91 Å². The van der Waals surface area contributed by atoms with Gasteiger partial charge in [-0.3, -0.25) is 19.5 Å². The number of hydrogen-bond acceptors (Lipinski definition) is 4. The number of halogens is 2. The normalized spacial score (nSPS) is 37.1. The van der Waals surface area contributed by atoms with Crippen molar-refractivity contribution in [2.24, 2.45) is 23.2 Å². The van der Waals surface area contributed by atoms with Crippen molar-refractivity contribution in [3.63, 3.8) is 0 Å². The second-order valence-corrected chi connectivity index (χ2v) is 8.44. The minimum atomic E-state index is -5.90. The lowest BCUT2D eigenvalue weighted by Crippen LogP contribution is -2.57. The topological polar surface area (TPSA) is 101 Å². The largest absolute Gasteiger partial charge is 0.447 e. The maximum Gasteiger partial charge on any atom is 0.447 e. The Balaban J connectivity index is 1.77. The maximum absolute atomic E-state index is 13.3. The van der Waals surface area contributed by atoms with Gasteiger partial charge in [0.25, 0.3) is 0 Å². The van der Waals surface area contributed by atoms with Crippen molar-refractivity contribution in [1.29, 1.82) is 0 Å². The highest BCUT2D eigenvalue weighted by molar-refractivity contribution is 7.87. The molecule has 0 atom stereocenters. The molecule has 2 amide bonds. The maximum atomic E-state index is 13.3. The fourth-order valence-corrected chi connectivity index (χ4v) is 5.10. The zero-order valence-corrected chi connectivity index (χ0v) is 12.5. The number of rotatable bonds is 3. The summed E-state index contributed by atoms with van der Waals surface area (Å²) in [4.78, 5) is 23.7. The monoisotopic (exact) mass is 337 g/mol. The van der Waals surface area contributed by atoms with Crippen LogP contribution in [0.2, 0.25) is 0 Å². The summed E-state index contributed by atoms with van der Waals surface area (Å²) in [6, 6.07) is 0. The molecule has 9 heteroatoms. The fourth-order valence-electron chi connectivity index (χ4n) is 4.81. The average molecular weight is 337 g/mol. The highest BCUT2D eigenvalue weighted by atomic mass is 32.2. The van der Waals surface area contributed by atoms with Gasteiger partial charge in [-0.2, -0.15) is 17.2 Å². The molecule has 4 rings (SSSR count). The molecule has 4 fully saturated rings. The third-order valence-electron chi connectivity index (χ3n) is 5.34. The van der Waals surface area contributed by atoms with Crippen LogP contribution in [0.4, 0.5) is 8.78 Å². The highest BCUT2D eigenvalue weighted by Crippen LogP contribution is 2.60. The first kappa shape index (κ1) is 15.8. The van der Waals surface area contributed by atoms with E-state index in [0.717, 1.165) is 19.3 Å². The third-order valence-corrected chi connectivity index (χ3v) is 6.17. The molecule has 4 aliphatic carbocycles. The number of nitrogens with one attached hydrogen (secondary N) is 1. The second kappa shape index (κ2) is 4.70. The van der Waals surface area contributed by atoms with Crippen molar-refractivity contribution in [3.05, 3.63) is 0 Å². The summed E-state index contributed by atoms with van der Waals surface area (Å²) in [5, 5.41) is -3.51. The van der Waals surface area contributed by atoms with Gasteiger partial charge < -0.3 is 0 Å². The molecule has 2 N–H and O–H groups in total. The van der Waals surface area contributed by atoms with Crippen molar-refractivity contribution >= 4 is 21.9 Å². The molecule has 124 valence electrons. The first-order chi connectivity index (χ1) is 10.0. The van der Waals surface area contributed by atoms with E-state index in [1.54, 1.807) is 0 Å². The molecule has 0 aliphatic heterocycles. The minimum Gasteiger partial charge on any atom is -0.290 e. The predicted octanol–water partition coefficient (Wildman–Crippen LogP) is 1.33. The van der Waals surface area contributed by atoms with Crippen molar-refractivity contribution < 1.29 is 31.3 Å². The molecule has 0 spiro atoms. The fraction of sp³-hybridized carbons (Fsp3) is 0.846. The van der Waals surface area contributed by atoms with Gasteiger partial charge in [0.1, 0.15) is 0 Å². The molecule has 6 nitrogen and oxygen atoms in total. The van der Waals surface area contributed by atoms with E-state index in [-0.39, 0.29) is 0 Å². The average Bonchev–Trinajstić information content (AvgIpc) is 2.35. The van der Waals surface area contributed by atoms with Crippen LogP contribution in [0.25, 0.3) is 0 Å². The Labute approximate surface area is 126 Å². The summed E-state index contributed by atoms with van der Waals surface area (Å²) in [7, 11) is -5.90. The van der Waals surface area contributed by atoms with Gasteiger partial charge in [-0.1, -0.05) is 0 Å². The Morgan fingerprint density at radius 3 is 1.82 bits per heavy atom. The Morgan fingerprint density at radius 2 is 1.45 bits per heavy atom. The third kappa shape index (κ3) is 2.34.